The third kappa shape index (κ3) is 3.33. The first-order chi connectivity index (χ1) is 6.63. The van der Waals surface area contributed by atoms with E-state index >= 15 is 0 Å². The van der Waals surface area contributed by atoms with Crippen LogP contribution in [0.5, 0.6) is 0 Å². The first-order valence-corrected chi connectivity index (χ1v) is 5.19. The van der Waals surface area contributed by atoms with Crippen molar-refractivity contribution in [3.05, 3.63) is 46.5 Å². The minimum absolute atomic E-state index is 0.269. The maximum absolute atomic E-state index is 6.00. The number of nitrogens with one attached hydrogen (secondary N) is 1. The van der Waals surface area contributed by atoms with Crippen molar-refractivity contribution in [2.45, 2.75) is 19.5 Å². The molecule has 0 fully saturated rings. The van der Waals surface area contributed by atoms with Crippen LogP contribution in [0.1, 0.15) is 12.5 Å². The first kappa shape index (κ1) is 11.6. The molecule has 0 spiro atoms. The van der Waals surface area contributed by atoms with Crippen LogP contribution >= 0.6 is 23.2 Å². The molecule has 14 heavy (non-hydrogen) atoms. The highest BCUT2D eigenvalue weighted by Crippen LogP contribution is 2.20. The Morgan fingerprint density at radius 2 is 2.21 bits per heavy atom. The average molecular weight is 230 g/mol. The van der Waals surface area contributed by atoms with Crippen LogP contribution < -0.4 is 5.32 Å². The SMILES string of the molecule is C=CC(C)NCc1cc(Cl)ccc1Cl. The summed E-state index contributed by atoms with van der Waals surface area (Å²) in [5.41, 5.74) is 1.01. The maximum atomic E-state index is 6.00. The van der Waals surface area contributed by atoms with Gasteiger partial charge in [0, 0.05) is 22.6 Å². The van der Waals surface area contributed by atoms with Gasteiger partial charge >= 0.3 is 0 Å². The lowest BCUT2D eigenvalue weighted by Gasteiger charge is -2.10. The van der Waals surface area contributed by atoms with Gasteiger partial charge in [-0.15, -0.1) is 6.58 Å². The van der Waals surface area contributed by atoms with Crippen molar-refractivity contribution in [1.29, 1.82) is 0 Å². The maximum Gasteiger partial charge on any atom is 0.0451 e. The number of hydrogen-bond acceptors (Lipinski definition) is 1. The van der Waals surface area contributed by atoms with Crippen molar-refractivity contribution in [2.24, 2.45) is 0 Å². The number of benzene rings is 1. The first-order valence-electron chi connectivity index (χ1n) is 4.43. The molecule has 0 aliphatic heterocycles. The molecule has 1 aromatic carbocycles. The number of hydrogen-bond donors (Lipinski definition) is 1. The van der Waals surface area contributed by atoms with Gasteiger partial charge < -0.3 is 5.32 Å². The molecule has 3 heteroatoms. The molecule has 1 aromatic rings. The summed E-state index contributed by atoms with van der Waals surface area (Å²) in [4.78, 5) is 0. The van der Waals surface area contributed by atoms with Gasteiger partial charge in [-0.05, 0) is 30.7 Å². The molecular formula is C11H13Cl2N. The minimum atomic E-state index is 0.269. The van der Waals surface area contributed by atoms with E-state index in [1.807, 2.05) is 19.1 Å². The molecule has 0 aliphatic rings. The normalized spacial score (nSPS) is 12.5. The average Bonchev–Trinajstić information content (AvgIpc) is 2.19. The van der Waals surface area contributed by atoms with Gasteiger partial charge in [0.2, 0.25) is 0 Å². The Balaban J connectivity index is 2.66. The summed E-state index contributed by atoms with van der Waals surface area (Å²) in [5, 5.41) is 4.70. The van der Waals surface area contributed by atoms with Gasteiger partial charge in [-0.25, -0.2) is 0 Å². The van der Waals surface area contributed by atoms with Crippen LogP contribution in [0.25, 0.3) is 0 Å². The van der Waals surface area contributed by atoms with Crippen molar-refractivity contribution in [3.63, 3.8) is 0 Å². The second kappa shape index (κ2) is 5.40. The molecule has 0 amide bonds. The monoisotopic (exact) mass is 229 g/mol. The van der Waals surface area contributed by atoms with Crippen molar-refractivity contribution >= 4 is 23.2 Å². The van der Waals surface area contributed by atoms with Gasteiger partial charge in [-0.3, -0.25) is 0 Å². The molecule has 1 N–H and O–H groups in total. The lowest BCUT2D eigenvalue weighted by atomic mass is 10.2. The molecule has 1 unspecified atom stereocenters. The zero-order valence-corrected chi connectivity index (χ0v) is 9.57. The molecule has 1 rings (SSSR count). The molecule has 1 nitrogen and oxygen atoms in total. The highest BCUT2D eigenvalue weighted by Gasteiger charge is 2.02. The van der Waals surface area contributed by atoms with E-state index in [0.29, 0.717) is 11.6 Å². The third-order valence-electron chi connectivity index (χ3n) is 1.98. The molecule has 0 saturated heterocycles. The van der Waals surface area contributed by atoms with E-state index in [9.17, 15) is 0 Å². The molecule has 0 aromatic heterocycles. The van der Waals surface area contributed by atoms with Crippen molar-refractivity contribution in [2.75, 3.05) is 0 Å². The topological polar surface area (TPSA) is 12.0 Å². The largest absolute Gasteiger partial charge is 0.307 e. The molecule has 0 aliphatic carbocycles. The molecule has 0 saturated carbocycles. The van der Waals surface area contributed by atoms with Gasteiger partial charge in [0.1, 0.15) is 0 Å². The summed E-state index contributed by atoms with van der Waals surface area (Å²) in [6, 6.07) is 5.72. The zero-order chi connectivity index (χ0) is 10.6. The van der Waals surface area contributed by atoms with Crippen LogP contribution in [0.15, 0.2) is 30.9 Å². The van der Waals surface area contributed by atoms with Crippen LogP contribution in [0.4, 0.5) is 0 Å². The van der Waals surface area contributed by atoms with E-state index in [-0.39, 0.29) is 6.04 Å². The van der Waals surface area contributed by atoms with E-state index in [2.05, 4.69) is 11.9 Å². The summed E-state index contributed by atoms with van der Waals surface area (Å²) in [6.45, 7) is 6.43. The fourth-order valence-corrected chi connectivity index (χ4v) is 1.41. The standard InChI is InChI=1S/C11H13Cl2N/c1-3-8(2)14-7-9-6-10(12)4-5-11(9)13/h3-6,8,14H,1,7H2,2H3. The second-order valence-corrected chi connectivity index (χ2v) is 3.98. The summed E-state index contributed by atoms with van der Waals surface area (Å²) < 4.78 is 0. The minimum Gasteiger partial charge on any atom is -0.307 e. The smallest absolute Gasteiger partial charge is 0.0451 e. The van der Waals surface area contributed by atoms with Crippen molar-refractivity contribution in [3.8, 4) is 0 Å². The van der Waals surface area contributed by atoms with Crippen molar-refractivity contribution < 1.29 is 0 Å². The summed E-state index contributed by atoms with van der Waals surface area (Å²) in [5.74, 6) is 0. The molecule has 0 radical (unpaired) electrons. The van der Waals surface area contributed by atoms with Crippen molar-refractivity contribution in [1.82, 2.24) is 5.32 Å². The quantitative estimate of drug-likeness (QED) is 0.778. The second-order valence-electron chi connectivity index (χ2n) is 3.14. The van der Waals surface area contributed by atoms with Crippen LogP contribution in [0, 0.1) is 0 Å². The Hall–Kier alpha value is -0.500. The third-order valence-corrected chi connectivity index (χ3v) is 2.58. The Bertz CT molecular complexity index is 323. The van der Waals surface area contributed by atoms with Gasteiger partial charge in [-0.1, -0.05) is 29.3 Å². The molecule has 1 atom stereocenters. The van der Waals surface area contributed by atoms with E-state index in [4.69, 9.17) is 23.2 Å². The predicted octanol–water partition coefficient (Wildman–Crippen LogP) is 3.66. The van der Waals surface area contributed by atoms with Crippen LogP contribution in [0.3, 0.4) is 0 Å². The molecule has 76 valence electrons. The summed E-state index contributed by atoms with van der Waals surface area (Å²) >= 11 is 11.9. The van der Waals surface area contributed by atoms with Crippen LogP contribution in [-0.2, 0) is 6.54 Å². The molecule has 0 bridgehead atoms. The number of rotatable bonds is 4. The lowest BCUT2D eigenvalue weighted by molar-refractivity contribution is 0.634. The molecular weight excluding hydrogens is 217 g/mol. The highest BCUT2D eigenvalue weighted by atomic mass is 35.5. The fraction of sp³-hybridized carbons (Fsp3) is 0.273. The van der Waals surface area contributed by atoms with Gasteiger partial charge in [0.05, 0.1) is 0 Å². The van der Waals surface area contributed by atoms with E-state index in [1.54, 1.807) is 12.1 Å². The Kier molecular flexibility index (Phi) is 4.46. The van der Waals surface area contributed by atoms with Crippen LogP contribution in [0.2, 0.25) is 10.0 Å². The summed E-state index contributed by atoms with van der Waals surface area (Å²) in [6.07, 6.45) is 1.85. The highest BCUT2D eigenvalue weighted by molar-refractivity contribution is 6.33. The van der Waals surface area contributed by atoms with E-state index in [1.165, 1.54) is 0 Å². The predicted molar refractivity (Wildman–Crippen MR) is 63.0 cm³/mol. The van der Waals surface area contributed by atoms with Gasteiger partial charge in [0.15, 0.2) is 0 Å². The van der Waals surface area contributed by atoms with Gasteiger partial charge in [-0.2, -0.15) is 0 Å². The Morgan fingerprint density at radius 1 is 1.50 bits per heavy atom. The zero-order valence-electron chi connectivity index (χ0n) is 8.06. The molecule has 0 heterocycles. The van der Waals surface area contributed by atoms with E-state index < -0.39 is 0 Å². The number of halogens is 2. The Labute approximate surface area is 94.7 Å². The van der Waals surface area contributed by atoms with Gasteiger partial charge in [0.25, 0.3) is 0 Å². The fourth-order valence-electron chi connectivity index (χ4n) is 1.03. The lowest BCUT2D eigenvalue weighted by Crippen LogP contribution is -2.23. The van der Waals surface area contributed by atoms with Crippen LogP contribution in [-0.4, -0.2) is 6.04 Å². The van der Waals surface area contributed by atoms with E-state index in [0.717, 1.165) is 10.6 Å². The Morgan fingerprint density at radius 3 is 2.86 bits per heavy atom. The summed E-state index contributed by atoms with van der Waals surface area (Å²) in [7, 11) is 0.